The minimum atomic E-state index is -0.464. The van der Waals surface area contributed by atoms with Gasteiger partial charge in [0.15, 0.2) is 0 Å². The second-order valence-corrected chi connectivity index (χ2v) is 7.43. The standard InChI is InChI=1S/C21H24N2O2/c22-12-18-20(19(13-24)23(18)21(25)15-8-5-9-15)17-11-4-3-10-16(17)14-6-1-2-7-14/h3-4,6,10-11,15,18-20,24H,1-2,5,7-9,13H2/t18-,19+,20-/m1/s1. The van der Waals surface area contributed by atoms with Gasteiger partial charge in [-0.15, -0.1) is 0 Å². The minimum Gasteiger partial charge on any atom is -0.394 e. The molecule has 1 saturated heterocycles. The summed E-state index contributed by atoms with van der Waals surface area (Å²) in [5.74, 6) is 0.0148. The van der Waals surface area contributed by atoms with Crippen molar-refractivity contribution in [2.24, 2.45) is 5.92 Å². The fraction of sp³-hybridized carbons (Fsp3) is 0.524. The predicted molar refractivity (Wildman–Crippen MR) is 95.5 cm³/mol. The van der Waals surface area contributed by atoms with E-state index < -0.39 is 6.04 Å². The van der Waals surface area contributed by atoms with E-state index in [1.807, 2.05) is 12.1 Å². The molecule has 1 aromatic rings. The predicted octanol–water partition coefficient (Wildman–Crippen LogP) is 3.23. The van der Waals surface area contributed by atoms with E-state index in [1.54, 1.807) is 4.90 Å². The van der Waals surface area contributed by atoms with Crippen LogP contribution in [0.4, 0.5) is 0 Å². The Morgan fingerprint density at radius 1 is 1.28 bits per heavy atom. The number of aliphatic hydroxyl groups excluding tert-OH is 1. The van der Waals surface area contributed by atoms with Gasteiger partial charge in [-0.3, -0.25) is 4.79 Å². The number of benzene rings is 1. The Labute approximate surface area is 148 Å². The molecule has 1 amide bonds. The van der Waals surface area contributed by atoms with E-state index in [1.165, 1.54) is 17.6 Å². The fourth-order valence-electron chi connectivity index (χ4n) is 4.54. The lowest BCUT2D eigenvalue weighted by atomic mass is 9.71. The number of carbonyl (C=O) groups excluding carboxylic acids is 1. The van der Waals surface area contributed by atoms with Crippen LogP contribution in [0.5, 0.6) is 0 Å². The summed E-state index contributed by atoms with van der Waals surface area (Å²) < 4.78 is 0. The zero-order valence-corrected chi connectivity index (χ0v) is 14.4. The van der Waals surface area contributed by atoms with Gasteiger partial charge >= 0.3 is 0 Å². The van der Waals surface area contributed by atoms with Crippen LogP contribution in [0, 0.1) is 17.2 Å². The van der Waals surface area contributed by atoms with E-state index in [0.717, 1.165) is 37.7 Å². The Hall–Kier alpha value is -2.12. The van der Waals surface area contributed by atoms with Gasteiger partial charge in [-0.05, 0) is 48.8 Å². The summed E-state index contributed by atoms with van der Waals surface area (Å²) in [4.78, 5) is 14.4. The number of rotatable bonds is 4. The summed E-state index contributed by atoms with van der Waals surface area (Å²) >= 11 is 0. The van der Waals surface area contributed by atoms with Gasteiger partial charge < -0.3 is 10.0 Å². The third kappa shape index (κ3) is 2.58. The number of nitrogens with zero attached hydrogens (tertiary/aromatic N) is 2. The lowest BCUT2D eigenvalue weighted by Gasteiger charge is -2.53. The maximum absolute atomic E-state index is 12.7. The van der Waals surface area contributed by atoms with Gasteiger partial charge in [0.2, 0.25) is 5.91 Å². The number of carbonyl (C=O) groups is 1. The molecule has 2 fully saturated rings. The van der Waals surface area contributed by atoms with E-state index in [9.17, 15) is 15.2 Å². The van der Waals surface area contributed by atoms with Crippen LogP contribution in [-0.4, -0.2) is 34.6 Å². The van der Waals surface area contributed by atoms with Crippen molar-refractivity contribution in [3.8, 4) is 6.07 Å². The lowest BCUT2D eigenvalue weighted by Crippen LogP contribution is -2.66. The highest BCUT2D eigenvalue weighted by molar-refractivity contribution is 5.82. The van der Waals surface area contributed by atoms with Crippen LogP contribution in [0.1, 0.15) is 55.6 Å². The molecule has 0 radical (unpaired) electrons. The summed E-state index contributed by atoms with van der Waals surface area (Å²) in [6.45, 7) is -0.0886. The topological polar surface area (TPSA) is 64.3 Å². The zero-order chi connectivity index (χ0) is 17.4. The van der Waals surface area contributed by atoms with Crippen molar-refractivity contribution in [3.63, 3.8) is 0 Å². The molecule has 3 aliphatic rings. The normalized spacial score (nSPS) is 28.7. The molecule has 4 heteroatoms. The maximum atomic E-state index is 12.7. The summed E-state index contributed by atoms with van der Waals surface area (Å²) in [5.41, 5.74) is 3.64. The first-order valence-corrected chi connectivity index (χ1v) is 9.37. The Kier molecular flexibility index (Phi) is 4.35. The zero-order valence-electron chi connectivity index (χ0n) is 14.4. The SMILES string of the molecule is N#C[C@@H]1[C@@H](c2ccccc2C2=CCCC2)[C@H](CO)N1C(=O)C1CCC1. The molecule has 1 heterocycles. The number of likely N-dealkylation sites (tertiary alicyclic amines) is 1. The summed E-state index contributed by atoms with van der Waals surface area (Å²) in [6.07, 6.45) is 8.54. The third-order valence-corrected chi connectivity index (χ3v) is 6.15. The van der Waals surface area contributed by atoms with Crippen LogP contribution in [-0.2, 0) is 4.79 Å². The number of amides is 1. The molecular weight excluding hydrogens is 312 g/mol. The third-order valence-electron chi connectivity index (χ3n) is 6.15. The Balaban J connectivity index is 1.66. The smallest absolute Gasteiger partial charge is 0.227 e. The Bertz CT molecular complexity index is 745. The highest BCUT2D eigenvalue weighted by atomic mass is 16.3. The van der Waals surface area contributed by atoms with Crippen molar-refractivity contribution in [1.29, 1.82) is 5.26 Å². The van der Waals surface area contributed by atoms with Crippen LogP contribution >= 0.6 is 0 Å². The van der Waals surface area contributed by atoms with Gasteiger partial charge in [0.05, 0.1) is 18.7 Å². The summed E-state index contributed by atoms with van der Waals surface area (Å²) in [6, 6.07) is 9.81. The Morgan fingerprint density at radius 2 is 2.08 bits per heavy atom. The highest BCUT2D eigenvalue weighted by Gasteiger charge is 2.53. The van der Waals surface area contributed by atoms with Crippen LogP contribution in [0.2, 0.25) is 0 Å². The van der Waals surface area contributed by atoms with E-state index in [4.69, 9.17) is 0 Å². The van der Waals surface area contributed by atoms with Gasteiger partial charge in [-0.25, -0.2) is 0 Å². The first-order valence-electron chi connectivity index (χ1n) is 9.37. The van der Waals surface area contributed by atoms with Crippen molar-refractivity contribution in [3.05, 3.63) is 41.5 Å². The fourth-order valence-corrected chi connectivity index (χ4v) is 4.54. The molecule has 25 heavy (non-hydrogen) atoms. The molecule has 0 bridgehead atoms. The average molecular weight is 336 g/mol. The molecule has 4 nitrogen and oxygen atoms in total. The summed E-state index contributed by atoms with van der Waals surface area (Å²) in [5, 5.41) is 19.7. The molecule has 0 spiro atoms. The van der Waals surface area contributed by atoms with Crippen molar-refractivity contribution >= 4 is 11.5 Å². The van der Waals surface area contributed by atoms with Crippen LogP contribution in [0.3, 0.4) is 0 Å². The van der Waals surface area contributed by atoms with Crippen LogP contribution < -0.4 is 0 Å². The molecule has 130 valence electrons. The molecule has 0 unspecified atom stereocenters. The molecule has 4 rings (SSSR count). The first kappa shape index (κ1) is 16.4. The molecular formula is C21H24N2O2. The molecule has 1 aliphatic heterocycles. The monoisotopic (exact) mass is 336 g/mol. The van der Waals surface area contributed by atoms with Crippen molar-refractivity contribution in [1.82, 2.24) is 4.90 Å². The number of allylic oxidation sites excluding steroid dienone is 2. The number of aliphatic hydroxyl groups is 1. The van der Waals surface area contributed by atoms with Crippen molar-refractivity contribution in [2.75, 3.05) is 6.61 Å². The van der Waals surface area contributed by atoms with E-state index in [2.05, 4.69) is 24.3 Å². The van der Waals surface area contributed by atoms with Gasteiger partial charge in [0.25, 0.3) is 0 Å². The van der Waals surface area contributed by atoms with Gasteiger partial charge in [-0.1, -0.05) is 36.8 Å². The van der Waals surface area contributed by atoms with Gasteiger partial charge in [0, 0.05) is 11.8 Å². The number of nitriles is 1. The number of hydrogen-bond donors (Lipinski definition) is 1. The van der Waals surface area contributed by atoms with Crippen LogP contribution in [0.15, 0.2) is 30.3 Å². The summed E-state index contributed by atoms with van der Waals surface area (Å²) in [7, 11) is 0. The lowest BCUT2D eigenvalue weighted by molar-refractivity contribution is -0.154. The van der Waals surface area contributed by atoms with Gasteiger partial charge in [-0.2, -0.15) is 5.26 Å². The van der Waals surface area contributed by atoms with E-state index >= 15 is 0 Å². The number of hydrogen-bond acceptors (Lipinski definition) is 3. The van der Waals surface area contributed by atoms with E-state index in [-0.39, 0.29) is 30.4 Å². The van der Waals surface area contributed by atoms with Gasteiger partial charge in [0.1, 0.15) is 6.04 Å². The molecule has 3 atom stereocenters. The van der Waals surface area contributed by atoms with Crippen molar-refractivity contribution in [2.45, 2.75) is 56.5 Å². The van der Waals surface area contributed by atoms with E-state index in [0.29, 0.717) is 0 Å². The maximum Gasteiger partial charge on any atom is 0.227 e. The quantitative estimate of drug-likeness (QED) is 0.918. The second kappa shape index (κ2) is 6.65. The largest absolute Gasteiger partial charge is 0.394 e. The molecule has 1 aromatic carbocycles. The molecule has 1 N–H and O–H groups in total. The molecule has 0 aromatic heterocycles. The highest BCUT2D eigenvalue weighted by Crippen LogP contribution is 2.46. The first-order chi connectivity index (χ1) is 12.3. The Morgan fingerprint density at radius 3 is 2.68 bits per heavy atom. The minimum absolute atomic E-state index is 0.0543. The average Bonchev–Trinajstić information content (AvgIpc) is 3.08. The second-order valence-electron chi connectivity index (χ2n) is 7.43. The van der Waals surface area contributed by atoms with Crippen LogP contribution in [0.25, 0.3) is 5.57 Å². The molecule has 1 saturated carbocycles. The van der Waals surface area contributed by atoms with Crippen molar-refractivity contribution < 1.29 is 9.90 Å². The molecule has 2 aliphatic carbocycles.